The molecule has 0 saturated carbocycles. The van der Waals surface area contributed by atoms with E-state index in [-0.39, 0.29) is 23.9 Å². The molecule has 0 radical (unpaired) electrons. The van der Waals surface area contributed by atoms with Gasteiger partial charge in [0.25, 0.3) is 5.91 Å². The smallest absolute Gasteiger partial charge is 0.253 e. The number of aliphatic hydroxyl groups excluding tert-OH is 1. The number of aryl methyl sites for hydroxylation is 2. The summed E-state index contributed by atoms with van der Waals surface area (Å²) in [5, 5.41) is 12.1. The molecule has 4 atom stereocenters. The van der Waals surface area contributed by atoms with Crippen LogP contribution in [0.3, 0.4) is 0 Å². The predicted molar refractivity (Wildman–Crippen MR) is 153 cm³/mol. The van der Waals surface area contributed by atoms with E-state index in [0.717, 1.165) is 31.5 Å². The molecule has 0 aliphatic carbocycles. The Morgan fingerprint density at radius 3 is 2.55 bits per heavy atom. The average molecular weight is 508 g/mol. The summed E-state index contributed by atoms with van der Waals surface area (Å²) in [6.07, 6.45) is 1.29. The molecule has 196 valence electrons. The third kappa shape index (κ3) is 4.24. The summed E-state index contributed by atoms with van der Waals surface area (Å²) in [4.78, 5) is 21.8. The van der Waals surface area contributed by atoms with Crippen molar-refractivity contribution >= 4 is 16.8 Å². The standard InChI is InChI=1S/C33H37N3O2/c1-20-11-13-23(14-12-20)33(38)35(4)29-18-30-32-27(15-16-36(30)19-28(29)22(3)37)26-10-6-9-25(31(26)34-32)24-8-5-7-21(2)17-24/h5-14,17,22,28-30,34,37H,15-16,18-19H2,1-4H3/t22-,28-,29-,30-/m0/s1. The number of nitrogens with zero attached hydrogens (tertiary/aromatic N) is 2. The van der Waals surface area contributed by atoms with E-state index in [2.05, 4.69) is 59.3 Å². The first-order valence-corrected chi connectivity index (χ1v) is 13.8. The lowest BCUT2D eigenvalue weighted by molar-refractivity contribution is -0.0239. The van der Waals surface area contributed by atoms with Crippen LogP contribution in [0.1, 0.15) is 52.1 Å². The van der Waals surface area contributed by atoms with Gasteiger partial charge in [0, 0.05) is 54.3 Å². The largest absolute Gasteiger partial charge is 0.393 e. The van der Waals surface area contributed by atoms with Crippen LogP contribution in [0.4, 0.5) is 0 Å². The Morgan fingerprint density at radius 2 is 1.82 bits per heavy atom. The Bertz CT molecular complexity index is 1490. The number of aromatic nitrogens is 1. The number of carbonyl (C=O) groups excluding carboxylic acids is 1. The zero-order valence-corrected chi connectivity index (χ0v) is 22.7. The minimum Gasteiger partial charge on any atom is -0.393 e. The number of aliphatic hydroxyl groups is 1. The monoisotopic (exact) mass is 507 g/mol. The van der Waals surface area contributed by atoms with Crippen LogP contribution in [-0.2, 0) is 6.42 Å². The molecule has 2 aliphatic heterocycles. The molecule has 1 fully saturated rings. The molecule has 1 saturated heterocycles. The maximum absolute atomic E-state index is 13.5. The normalized spacial score (nSPS) is 22.1. The zero-order chi connectivity index (χ0) is 26.6. The minimum absolute atomic E-state index is 0.000526. The molecule has 0 bridgehead atoms. The molecule has 1 aromatic heterocycles. The number of para-hydroxylation sites is 1. The Balaban J connectivity index is 1.38. The SMILES string of the molecule is Cc1ccc(C(=O)N(C)[C@H]2C[C@H]3c4[nH]c5c(-c6cccc(C)c6)cccc5c4CCN3C[C@H]2[C@H](C)O)cc1. The number of H-pyrrole nitrogens is 1. The second-order valence-corrected chi connectivity index (χ2v) is 11.4. The first kappa shape index (κ1) is 24.9. The summed E-state index contributed by atoms with van der Waals surface area (Å²) >= 11 is 0. The fraction of sp³-hybridized carbons (Fsp3) is 0.364. The molecular weight excluding hydrogens is 470 g/mol. The van der Waals surface area contributed by atoms with E-state index in [4.69, 9.17) is 0 Å². The van der Waals surface area contributed by atoms with E-state index in [1.54, 1.807) is 0 Å². The number of piperidine rings is 1. The predicted octanol–water partition coefficient (Wildman–Crippen LogP) is 5.89. The van der Waals surface area contributed by atoms with Gasteiger partial charge in [0.05, 0.1) is 17.7 Å². The van der Waals surface area contributed by atoms with Crippen molar-refractivity contribution in [3.63, 3.8) is 0 Å². The molecule has 0 spiro atoms. The van der Waals surface area contributed by atoms with Crippen molar-refractivity contribution in [3.05, 3.63) is 94.7 Å². The fourth-order valence-corrected chi connectivity index (χ4v) is 6.75. The highest BCUT2D eigenvalue weighted by Gasteiger charge is 2.44. The molecule has 3 heterocycles. The first-order valence-electron chi connectivity index (χ1n) is 13.8. The number of hydrogen-bond acceptors (Lipinski definition) is 3. The van der Waals surface area contributed by atoms with E-state index >= 15 is 0 Å². The van der Waals surface area contributed by atoms with Crippen LogP contribution in [0.25, 0.3) is 22.0 Å². The Hall–Kier alpha value is -3.41. The number of rotatable bonds is 4. The summed E-state index contributed by atoms with van der Waals surface area (Å²) in [6, 6.07) is 23.2. The van der Waals surface area contributed by atoms with Gasteiger partial charge in [-0.1, -0.05) is 65.7 Å². The molecule has 5 nitrogen and oxygen atoms in total. The lowest BCUT2D eigenvalue weighted by Gasteiger charge is -2.49. The highest BCUT2D eigenvalue weighted by Crippen LogP contribution is 2.44. The molecule has 38 heavy (non-hydrogen) atoms. The Morgan fingerprint density at radius 1 is 1.05 bits per heavy atom. The van der Waals surface area contributed by atoms with Gasteiger partial charge in [0.2, 0.25) is 0 Å². The van der Waals surface area contributed by atoms with Crippen molar-refractivity contribution in [2.75, 3.05) is 20.1 Å². The third-order valence-corrected chi connectivity index (χ3v) is 8.87. The second-order valence-electron chi connectivity index (χ2n) is 11.4. The molecule has 2 aliphatic rings. The van der Waals surface area contributed by atoms with Crippen LogP contribution in [0, 0.1) is 19.8 Å². The number of benzene rings is 3. The van der Waals surface area contributed by atoms with E-state index in [9.17, 15) is 9.90 Å². The van der Waals surface area contributed by atoms with Crippen LogP contribution < -0.4 is 0 Å². The molecule has 0 unspecified atom stereocenters. The number of fused-ring (bicyclic) bond motifs is 5. The van der Waals surface area contributed by atoms with Gasteiger partial charge < -0.3 is 15.0 Å². The van der Waals surface area contributed by atoms with Gasteiger partial charge in [-0.2, -0.15) is 0 Å². The van der Waals surface area contributed by atoms with Crippen molar-refractivity contribution in [2.45, 2.75) is 51.8 Å². The van der Waals surface area contributed by atoms with Gasteiger partial charge in [0.1, 0.15) is 0 Å². The maximum atomic E-state index is 13.5. The van der Waals surface area contributed by atoms with Crippen LogP contribution >= 0.6 is 0 Å². The zero-order valence-electron chi connectivity index (χ0n) is 22.7. The van der Waals surface area contributed by atoms with Crippen LogP contribution in [-0.4, -0.2) is 58.1 Å². The molecule has 2 N–H and O–H groups in total. The van der Waals surface area contributed by atoms with Crippen molar-refractivity contribution in [1.29, 1.82) is 0 Å². The summed E-state index contributed by atoms with van der Waals surface area (Å²) in [5.74, 6) is 0.0166. The summed E-state index contributed by atoms with van der Waals surface area (Å²) in [5.41, 5.74) is 9.42. The van der Waals surface area contributed by atoms with Gasteiger partial charge in [-0.05, 0) is 56.9 Å². The first-order chi connectivity index (χ1) is 18.3. The average Bonchev–Trinajstić information content (AvgIpc) is 3.31. The number of hydrogen-bond donors (Lipinski definition) is 2. The summed E-state index contributed by atoms with van der Waals surface area (Å²) in [6.45, 7) is 7.77. The number of amides is 1. The minimum atomic E-state index is -0.494. The van der Waals surface area contributed by atoms with Crippen LogP contribution in [0.2, 0.25) is 0 Å². The van der Waals surface area contributed by atoms with Gasteiger partial charge in [-0.15, -0.1) is 0 Å². The number of aromatic amines is 1. The highest BCUT2D eigenvalue weighted by molar-refractivity contribution is 5.97. The molecule has 3 aromatic carbocycles. The quantitative estimate of drug-likeness (QED) is 0.362. The van der Waals surface area contributed by atoms with Gasteiger partial charge in [0.15, 0.2) is 0 Å². The molecule has 1 amide bonds. The van der Waals surface area contributed by atoms with E-state index in [1.807, 2.05) is 50.1 Å². The fourth-order valence-electron chi connectivity index (χ4n) is 6.75. The summed E-state index contributed by atoms with van der Waals surface area (Å²) < 4.78 is 0. The Kier molecular flexibility index (Phi) is 6.37. The Labute approximate surface area is 225 Å². The molecule has 5 heteroatoms. The van der Waals surface area contributed by atoms with E-state index in [1.165, 1.54) is 38.9 Å². The van der Waals surface area contributed by atoms with Crippen molar-refractivity contribution < 1.29 is 9.90 Å². The van der Waals surface area contributed by atoms with Gasteiger partial charge in [-0.25, -0.2) is 0 Å². The molecule has 4 aromatic rings. The van der Waals surface area contributed by atoms with Crippen molar-refractivity contribution in [3.8, 4) is 11.1 Å². The third-order valence-electron chi connectivity index (χ3n) is 8.87. The highest BCUT2D eigenvalue weighted by atomic mass is 16.3. The van der Waals surface area contributed by atoms with Crippen LogP contribution in [0.5, 0.6) is 0 Å². The van der Waals surface area contributed by atoms with Gasteiger partial charge >= 0.3 is 0 Å². The van der Waals surface area contributed by atoms with Crippen molar-refractivity contribution in [1.82, 2.24) is 14.8 Å². The lowest BCUT2D eigenvalue weighted by atomic mass is 9.79. The van der Waals surface area contributed by atoms with E-state index < -0.39 is 6.10 Å². The van der Waals surface area contributed by atoms with Gasteiger partial charge in [-0.3, -0.25) is 9.69 Å². The van der Waals surface area contributed by atoms with Crippen LogP contribution in [0.15, 0.2) is 66.7 Å². The van der Waals surface area contributed by atoms with E-state index in [0.29, 0.717) is 5.56 Å². The maximum Gasteiger partial charge on any atom is 0.253 e. The number of carbonyl (C=O) groups is 1. The topological polar surface area (TPSA) is 59.6 Å². The number of nitrogens with one attached hydrogen (secondary N) is 1. The molecule has 6 rings (SSSR count). The second kappa shape index (κ2) is 9.72. The molecular formula is C33H37N3O2. The summed E-state index contributed by atoms with van der Waals surface area (Å²) in [7, 11) is 1.91. The van der Waals surface area contributed by atoms with Crippen molar-refractivity contribution in [2.24, 2.45) is 5.92 Å². The lowest BCUT2D eigenvalue weighted by Crippen LogP contribution is -2.56.